The highest BCUT2D eigenvalue weighted by molar-refractivity contribution is 4.72. The van der Waals surface area contributed by atoms with Crippen molar-refractivity contribution in [3.8, 4) is 0 Å². The van der Waals surface area contributed by atoms with Crippen molar-refractivity contribution in [1.82, 2.24) is 5.32 Å². The molecule has 0 rings (SSSR count). The molecule has 110 valence electrons. The van der Waals surface area contributed by atoms with Gasteiger partial charge in [-0.2, -0.15) is 0 Å². The molecule has 3 nitrogen and oxygen atoms in total. The number of ether oxygens (including phenoxy) is 1. The number of nitrogens with one attached hydrogen (secondary N) is 1. The fourth-order valence-corrected chi connectivity index (χ4v) is 1.75. The Labute approximate surface area is 113 Å². The molecule has 0 aliphatic carbocycles. The van der Waals surface area contributed by atoms with Crippen molar-refractivity contribution < 1.29 is 9.84 Å². The van der Waals surface area contributed by atoms with E-state index in [1.54, 1.807) is 0 Å². The standard InChI is InChI=1S/C15H33NO2/c1-6-8-9-13(7-2)11-18-12-14(17)10-16-15(3,4)5/h13-14,16-17H,6-12H2,1-5H3. The summed E-state index contributed by atoms with van der Waals surface area (Å²) >= 11 is 0. The number of aliphatic hydroxyl groups is 1. The van der Waals surface area contributed by atoms with E-state index in [4.69, 9.17) is 4.74 Å². The van der Waals surface area contributed by atoms with E-state index in [9.17, 15) is 5.11 Å². The van der Waals surface area contributed by atoms with Crippen molar-refractivity contribution in [2.45, 2.75) is 71.9 Å². The van der Waals surface area contributed by atoms with Crippen LogP contribution in [0.15, 0.2) is 0 Å². The van der Waals surface area contributed by atoms with Crippen molar-refractivity contribution in [3.63, 3.8) is 0 Å². The van der Waals surface area contributed by atoms with Crippen LogP contribution in [0.4, 0.5) is 0 Å². The van der Waals surface area contributed by atoms with Gasteiger partial charge in [0.25, 0.3) is 0 Å². The lowest BCUT2D eigenvalue weighted by Gasteiger charge is -2.23. The molecule has 0 aliphatic rings. The molecule has 0 aromatic rings. The Morgan fingerprint density at radius 2 is 1.83 bits per heavy atom. The Morgan fingerprint density at radius 3 is 2.33 bits per heavy atom. The van der Waals surface area contributed by atoms with Crippen LogP contribution in [-0.4, -0.2) is 36.5 Å². The van der Waals surface area contributed by atoms with Gasteiger partial charge in [-0.05, 0) is 33.1 Å². The minimum Gasteiger partial charge on any atom is -0.389 e. The molecule has 18 heavy (non-hydrogen) atoms. The maximum absolute atomic E-state index is 9.79. The lowest BCUT2D eigenvalue weighted by atomic mass is 10.0. The van der Waals surface area contributed by atoms with E-state index in [-0.39, 0.29) is 5.54 Å². The molecule has 2 unspecified atom stereocenters. The molecule has 2 N–H and O–H groups in total. The lowest BCUT2D eigenvalue weighted by molar-refractivity contribution is 0.0171. The predicted octanol–water partition coefficient (Wildman–Crippen LogP) is 2.97. The zero-order valence-corrected chi connectivity index (χ0v) is 13.0. The number of aliphatic hydroxyl groups excluding tert-OH is 1. The molecule has 0 fully saturated rings. The molecule has 0 aliphatic heterocycles. The number of β-amino-alcohol motifs (C(OH)–C–C–N with tert-alkyl or cyclic N) is 1. The summed E-state index contributed by atoms with van der Waals surface area (Å²) in [4.78, 5) is 0. The first-order valence-corrected chi connectivity index (χ1v) is 7.39. The fourth-order valence-electron chi connectivity index (χ4n) is 1.75. The Bertz CT molecular complexity index is 189. The Balaban J connectivity index is 3.62. The van der Waals surface area contributed by atoms with Crippen LogP contribution < -0.4 is 5.32 Å². The molecule has 0 aromatic carbocycles. The third kappa shape index (κ3) is 11.0. The van der Waals surface area contributed by atoms with Gasteiger partial charge < -0.3 is 15.2 Å². The molecule has 0 aromatic heterocycles. The van der Waals surface area contributed by atoms with Gasteiger partial charge in [0.1, 0.15) is 0 Å². The Morgan fingerprint density at radius 1 is 1.17 bits per heavy atom. The SMILES string of the molecule is CCCCC(CC)COCC(O)CNC(C)(C)C. The molecule has 0 radical (unpaired) electrons. The van der Waals surface area contributed by atoms with Crippen molar-refractivity contribution in [3.05, 3.63) is 0 Å². The van der Waals surface area contributed by atoms with Crippen LogP contribution >= 0.6 is 0 Å². The van der Waals surface area contributed by atoms with E-state index >= 15 is 0 Å². The maximum atomic E-state index is 9.79. The number of hydrogen-bond acceptors (Lipinski definition) is 3. The van der Waals surface area contributed by atoms with Crippen LogP contribution in [0.3, 0.4) is 0 Å². The fraction of sp³-hybridized carbons (Fsp3) is 1.00. The minimum atomic E-state index is -0.409. The van der Waals surface area contributed by atoms with E-state index in [0.717, 1.165) is 13.0 Å². The largest absolute Gasteiger partial charge is 0.389 e. The molecule has 0 heterocycles. The summed E-state index contributed by atoms with van der Waals surface area (Å²) in [6.07, 6.45) is 4.51. The zero-order valence-electron chi connectivity index (χ0n) is 13.0. The molecule has 3 heteroatoms. The molecule has 0 bridgehead atoms. The van der Waals surface area contributed by atoms with Gasteiger partial charge in [0.05, 0.1) is 12.7 Å². The van der Waals surface area contributed by atoms with Crippen LogP contribution in [0.25, 0.3) is 0 Å². The van der Waals surface area contributed by atoms with Crippen LogP contribution in [-0.2, 0) is 4.74 Å². The second kappa shape index (κ2) is 9.76. The number of rotatable bonds is 10. The molecule has 0 amide bonds. The Hall–Kier alpha value is -0.120. The zero-order chi connectivity index (χ0) is 14.0. The molecule has 0 spiro atoms. The number of unbranched alkanes of at least 4 members (excludes halogenated alkanes) is 1. The molecule has 0 saturated heterocycles. The highest BCUT2D eigenvalue weighted by Gasteiger charge is 2.13. The summed E-state index contributed by atoms with van der Waals surface area (Å²) in [6, 6.07) is 0. The van der Waals surface area contributed by atoms with Gasteiger partial charge >= 0.3 is 0 Å². The van der Waals surface area contributed by atoms with Gasteiger partial charge in [-0.15, -0.1) is 0 Å². The van der Waals surface area contributed by atoms with Crippen LogP contribution in [0, 0.1) is 5.92 Å². The topological polar surface area (TPSA) is 41.5 Å². The predicted molar refractivity (Wildman–Crippen MR) is 77.9 cm³/mol. The summed E-state index contributed by atoms with van der Waals surface area (Å²) in [7, 11) is 0. The molecule has 0 saturated carbocycles. The van der Waals surface area contributed by atoms with Gasteiger partial charge in [-0.1, -0.05) is 33.1 Å². The summed E-state index contributed by atoms with van der Waals surface area (Å²) < 4.78 is 5.62. The normalized spacial score (nSPS) is 15.7. The Kier molecular flexibility index (Phi) is 9.70. The quantitative estimate of drug-likeness (QED) is 0.634. The van der Waals surface area contributed by atoms with Gasteiger partial charge in [0.2, 0.25) is 0 Å². The second-order valence-electron chi connectivity index (χ2n) is 6.24. The van der Waals surface area contributed by atoms with E-state index in [2.05, 4.69) is 39.9 Å². The van der Waals surface area contributed by atoms with Crippen molar-refractivity contribution >= 4 is 0 Å². The average molecular weight is 259 g/mol. The van der Waals surface area contributed by atoms with E-state index in [0.29, 0.717) is 19.1 Å². The second-order valence-corrected chi connectivity index (χ2v) is 6.24. The third-order valence-electron chi connectivity index (χ3n) is 3.08. The molecular weight excluding hydrogens is 226 g/mol. The van der Waals surface area contributed by atoms with Crippen LogP contribution in [0.5, 0.6) is 0 Å². The third-order valence-corrected chi connectivity index (χ3v) is 3.08. The summed E-state index contributed by atoms with van der Waals surface area (Å²) in [6.45, 7) is 12.5. The monoisotopic (exact) mass is 259 g/mol. The molecule has 2 atom stereocenters. The minimum absolute atomic E-state index is 0.0497. The maximum Gasteiger partial charge on any atom is 0.0897 e. The van der Waals surface area contributed by atoms with Crippen molar-refractivity contribution in [1.29, 1.82) is 0 Å². The van der Waals surface area contributed by atoms with Crippen molar-refractivity contribution in [2.24, 2.45) is 5.92 Å². The van der Waals surface area contributed by atoms with E-state index < -0.39 is 6.10 Å². The molecular formula is C15H33NO2. The number of hydrogen-bond donors (Lipinski definition) is 2. The smallest absolute Gasteiger partial charge is 0.0897 e. The first-order valence-electron chi connectivity index (χ1n) is 7.39. The highest BCUT2D eigenvalue weighted by Crippen LogP contribution is 2.12. The first-order chi connectivity index (χ1) is 8.39. The summed E-state index contributed by atoms with van der Waals surface area (Å²) in [5.74, 6) is 0.646. The van der Waals surface area contributed by atoms with Gasteiger partial charge in [0, 0.05) is 18.7 Å². The van der Waals surface area contributed by atoms with Gasteiger partial charge in [-0.3, -0.25) is 0 Å². The van der Waals surface area contributed by atoms with Crippen LogP contribution in [0.2, 0.25) is 0 Å². The summed E-state index contributed by atoms with van der Waals surface area (Å²) in [5, 5.41) is 13.1. The van der Waals surface area contributed by atoms with E-state index in [1.165, 1.54) is 19.3 Å². The van der Waals surface area contributed by atoms with Crippen molar-refractivity contribution in [2.75, 3.05) is 19.8 Å². The summed E-state index contributed by atoms with van der Waals surface area (Å²) in [5.41, 5.74) is 0.0497. The van der Waals surface area contributed by atoms with Gasteiger partial charge in [-0.25, -0.2) is 0 Å². The highest BCUT2D eigenvalue weighted by atomic mass is 16.5. The van der Waals surface area contributed by atoms with Crippen LogP contribution in [0.1, 0.15) is 60.3 Å². The average Bonchev–Trinajstić information content (AvgIpc) is 2.30. The van der Waals surface area contributed by atoms with Gasteiger partial charge in [0.15, 0.2) is 0 Å². The lowest BCUT2D eigenvalue weighted by Crippen LogP contribution is -2.42. The first kappa shape index (κ1) is 17.9. The van der Waals surface area contributed by atoms with E-state index in [1.807, 2.05) is 0 Å².